The second-order valence-corrected chi connectivity index (χ2v) is 6.65. The van der Waals surface area contributed by atoms with E-state index in [4.69, 9.17) is 11.6 Å². The number of quaternary nitrogens is 1. The highest BCUT2D eigenvalue weighted by molar-refractivity contribution is 6.31. The van der Waals surface area contributed by atoms with Crippen LogP contribution in [0.2, 0.25) is 5.02 Å². The SMILES string of the molecule is CNC(=O)[C@@H](C)[NH2+]C[C@H](c1ccccc1Cl)c1c[nH]c2ccccc12. The van der Waals surface area contributed by atoms with Gasteiger partial charge in [-0.2, -0.15) is 0 Å². The lowest BCUT2D eigenvalue weighted by molar-refractivity contribution is -0.674. The fourth-order valence-electron chi connectivity index (χ4n) is 3.24. The molecule has 1 heterocycles. The largest absolute Gasteiger partial charge is 0.361 e. The van der Waals surface area contributed by atoms with E-state index in [2.05, 4.69) is 40.0 Å². The van der Waals surface area contributed by atoms with Crippen LogP contribution >= 0.6 is 11.6 Å². The molecular weight excluding hydrogens is 334 g/mol. The van der Waals surface area contributed by atoms with Crippen LogP contribution in [0, 0.1) is 0 Å². The van der Waals surface area contributed by atoms with Crippen molar-refractivity contribution in [3.8, 4) is 0 Å². The van der Waals surface area contributed by atoms with Crippen molar-refractivity contribution in [3.63, 3.8) is 0 Å². The molecule has 0 saturated carbocycles. The number of likely N-dealkylation sites (N-methyl/N-ethyl adjacent to an activating group) is 1. The number of hydrogen-bond acceptors (Lipinski definition) is 1. The number of halogens is 1. The molecule has 1 aromatic heterocycles. The molecule has 0 fully saturated rings. The van der Waals surface area contributed by atoms with E-state index in [1.165, 1.54) is 10.9 Å². The number of carbonyl (C=O) groups excluding carboxylic acids is 1. The molecule has 0 spiro atoms. The number of benzene rings is 2. The van der Waals surface area contributed by atoms with Gasteiger partial charge in [0.15, 0.2) is 6.04 Å². The van der Waals surface area contributed by atoms with Crippen LogP contribution < -0.4 is 10.6 Å². The summed E-state index contributed by atoms with van der Waals surface area (Å²) in [6.07, 6.45) is 2.05. The zero-order valence-electron chi connectivity index (χ0n) is 14.4. The number of rotatable bonds is 6. The molecule has 1 amide bonds. The summed E-state index contributed by atoms with van der Waals surface area (Å²) in [5.41, 5.74) is 3.38. The summed E-state index contributed by atoms with van der Waals surface area (Å²) in [4.78, 5) is 15.2. The highest BCUT2D eigenvalue weighted by atomic mass is 35.5. The lowest BCUT2D eigenvalue weighted by Gasteiger charge is -2.19. The highest BCUT2D eigenvalue weighted by Crippen LogP contribution is 2.33. The first-order chi connectivity index (χ1) is 12.1. The summed E-state index contributed by atoms with van der Waals surface area (Å²) in [6.45, 7) is 2.65. The van der Waals surface area contributed by atoms with Gasteiger partial charge in [-0.15, -0.1) is 0 Å². The van der Waals surface area contributed by atoms with E-state index in [9.17, 15) is 4.79 Å². The molecule has 0 unspecified atom stereocenters. The zero-order valence-corrected chi connectivity index (χ0v) is 15.2. The van der Waals surface area contributed by atoms with Crippen LogP contribution in [0.4, 0.5) is 0 Å². The van der Waals surface area contributed by atoms with Crippen molar-refractivity contribution in [1.82, 2.24) is 10.3 Å². The molecule has 0 aliphatic carbocycles. The Bertz CT molecular complexity index is 874. The van der Waals surface area contributed by atoms with Crippen molar-refractivity contribution < 1.29 is 10.1 Å². The van der Waals surface area contributed by atoms with Gasteiger partial charge in [-0.05, 0) is 30.2 Å². The van der Waals surface area contributed by atoms with Crippen LogP contribution in [0.15, 0.2) is 54.7 Å². The van der Waals surface area contributed by atoms with Gasteiger partial charge >= 0.3 is 0 Å². The van der Waals surface area contributed by atoms with Gasteiger partial charge in [0.05, 0.1) is 12.5 Å². The van der Waals surface area contributed by atoms with E-state index in [0.717, 1.165) is 22.6 Å². The smallest absolute Gasteiger partial charge is 0.277 e. The minimum atomic E-state index is -0.153. The van der Waals surface area contributed by atoms with Crippen molar-refractivity contribution in [3.05, 3.63) is 70.9 Å². The van der Waals surface area contributed by atoms with Crippen molar-refractivity contribution in [2.45, 2.75) is 18.9 Å². The summed E-state index contributed by atoms with van der Waals surface area (Å²) in [5.74, 6) is 0.119. The fraction of sp³-hybridized carbons (Fsp3) is 0.250. The number of para-hydroxylation sites is 1. The molecule has 4 N–H and O–H groups in total. The number of carbonyl (C=O) groups is 1. The molecule has 0 saturated heterocycles. The van der Waals surface area contributed by atoms with Gasteiger partial charge in [-0.1, -0.05) is 48.0 Å². The average molecular weight is 357 g/mol. The molecule has 0 aliphatic heterocycles. The van der Waals surface area contributed by atoms with Crippen molar-refractivity contribution in [2.24, 2.45) is 0 Å². The number of fused-ring (bicyclic) bond motifs is 1. The van der Waals surface area contributed by atoms with Gasteiger partial charge in [0, 0.05) is 29.2 Å². The molecule has 3 rings (SSSR count). The molecule has 0 bridgehead atoms. The molecule has 5 heteroatoms. The molecule has 4 nitrogen and oxygen atoms in total. The topological polar surface area (TPSA) is 61.5 Å². The van der Waals surface area contributed by atoms with Gasteiger partial charge in [-0.3, -0.25) is 4.79 Å². The standard InChI is InChI=1S/C20H22ClN3O/c1-13(20(25)22-2)23-11-16(14-7-3-5-9-18(14)21)17-12-24-19-10-6-4-8-15(17)19/h3-10,12-13,16,23-24H,11H2,1-2H3,(H,22,25)/p+1/t13-,16-/m1/s1. The van der Waals surface area contributed by atoms with E-state index in [1.807, 2.05) is 37.3 Å². The Hall–Kier alpha value is -2.30. The Balaban J connectivity index is 1.98. The highest BCUT2D eigenvalue weighted by Gasteiger charge is 2.24. The average Bonchev–Trinajstić information content (AvgIpc) is 3.06. The first kappa shape index (κ1) is 17.5. The molecule has 130 valence electrons. The predicted octanol–water partition coefficient (Wildman–Crippen LogP) is 2.65. The number of aromatic amines is 1. The molecule has 0 radical (unpaired) electrons. The Kier molecular flexibility index (Phi) is 5.41. The number of hydrogen-bond donors (Lipinski definition) is 3. The van der Waals surface area contributed by atoms with E-state index >= 15 is 0 Å². The maximum absolute atomic E-state index is 11.9. The number of aromatic nitrogens is 1. The van der Waals surface area contributed by atoms with Crippen molar-refractivity contribution in [2.75, 3.05) is 13.6 Å². The Morgan fingerprint density at radius 3 is 2.64 bits per heavy atom. The normalized spacial score (nSPS) is 13.6. The third-order valence-corrected chi connectivity index (χ3v) is 5.01. The third kappa shape index (κ3) is 3.70. The van der Waals surface area contributed by atoms with E-state index in [-0.39, 0.29) is 17.9 Å². The van der Waals surface area contributed by atoms with Crippen LogP contribution in [0.5, 0.6) is 0 Å². The lowest BCUT2D eigenvalue weighted by Crippen LogP contribution is -2.92. The van der Waals surface area contributed by atoms with Gasteiger partial charge in [0.25, 0.3) is 5.91 Å². The molecular formula is C20H23ClN3O+. The summed E-state index contributed by atoms with van der Waals surface area (Å²) in [6, 6.07) is 16.0. The fourth-order valence-corrected chi connectivity index (χ4v) is 3.50. The number of H-pyrrole nitrogens is 1. The van der Waals surface area contributed by atoms with E-state index < -0.39 is 0 Å². The second kappa shape index (κ2) is 7.72. The number of nitrogens with one attached hydrogen (secondary N) is 2. The van der Waals surface area contributed by atoms with E-state index in [1.54, 1.807) is 7.05 Å². The zero-order chi connectivity index (χ0) is 17.8. The predicted molar refractivity (Wildman–Crippen MR) is 102 cm³/mol. The van der Waals surface area contributed by atoms with E-state index in [0.29, 0.717) is 0 Å². The summed E-state index contributed by atoms with van der Waals surface area (Å²) < 4.78 is 0. The van der Waals surface area contributed by atoms with Crippen molar-refractivity contribution >= 4 is 28.4 Å². The second-order valence-electron chi connectivity index (χ2n) is 6.24. The Morgan fingerprint density at radius 1 is 1.16 bits per heavy atom. The van der Waals surface area contributed by atoms with Crippen molar-refractivity contribution in [1.29, 1.82) is 0 Å². The minimum absolute atomic E-state index is 0.0248. The molecule has 3 aromatic rings. The lowest BCUT2D eigenvalue weighted by atomic mass is 9.90. The number of nitrogens with two attached hydrogens (primary N) is 1. The first-order valence-electron chi connectivity index (χ1n) is 8.47. The van der Waals surface area contributed by atoms with Gasteiger partial charge in [0.1, 0.15) is 0 Å². The van der Waals surface area contributed by atoms with Crippen LogP contribution in [-0.4, -0.2) is 30.5 Å². The monoisotopic (exact) mass is 356 g/mol. The van der Waals surface area contributed by atoms with Crippen LogP contribution in [0.25, 0.3) is 10.9 Å². The quantitative estimate of drug-likeness (QED) is 0.624. The summed E-state index contributed by atoms with van der Waals surface area (Å²) in [5, 5.41) is 6.70. The molecule has 0 aliphatic rings. The maximum Gasteiger partial charge on any atom is 0.277 e. The van der Waals surface area contributed by atoms with Gasteiger partial charge in [0.2, 0.25) is 0 Å². The van der Waals surface area contributed by atoms with Crippen LogP contribution in [0.3, 0.4) is 0 Å². The molecule has 2 atom stereocenters. The number of amides is 1. The van der Waals surface area contributed by atoms with Gasteiger partial charge < -0.3 is 15.6 Å². The van der Waals surface area contributed by atoms with Gasteiger partial charge in [-0.25, -0.2) is 0 Å². The minimum Gasteiger partial charge on any atom is -0.361 e. The van der Waals surface area contributed by atoms with Crippen LogP contribution in [0.1, 0.15) is 24.0 Å². The van der Waals surface area contributed by atoms with Crippen LogP contribution in [-0.2, 0) is 4.79 Å². The first-order valence-corrected chi connectivity index (χ1v) is 8.85. The Labute approximate surface area is 152 Å². The maximum atomic E-state index is 11.9. The Morgan fingerprint density at radius 2 is 1.88 bits per heavy atom. The summed E-state index contributed by atoms with van der Waals surface area (Å²) >= 11 is 6.49. The molecule has 2 aromatic carbocycles. The molecule has 25 heavy (non-hydrogen) atoms. The third-order valence-electron chi connectivity index (χ3n) is 4.66. The summed E-state index contributed by atoms with van der Waals surface area (Å²) in [7, 11) is 1.66.